The van der Waals surface area contributed by atoms with Crippen molar-refractivity contribution in [2.45, 2.75) is 64.2 Å². The Hall–Kier alpha value is -7.42. The van der Waals surface area contributed by atoms with E-state index in [4.69, 9.17) is 4.42 Å². The van der Waals surface area contributed by atoms with Crippen LogP contribution in [0, 0.1) is 0 Å². The van der Waals surface area contributed by atoms with E-state index in [2.05, 4.69) is 221 Å². The fourth-order valence-electron chi connectivity index (χ4n) is 12.0. The van der Waals surface area contributed by atoms with Gasteiger partial charge in [-0.25, -0.2) is 0 Å². The van der Waals surface area contributed by atoms with E-state index in [1.165, 1.54) is 120 Å². The number of furan rings is 1. The maximum absolute atomic E-state index is 6.99. The van der Waals surface area contributed by atoms with Gasteiger partial charge in [0.25, 0.3) is 0 Å². The minimum Gasteiger partial charge on any atom is -0.456 e. The summed E-state index contributed by atoms with van der Waals surface area (Å²) in [5.41, 5.74) is 25.9. The molecule has 0 bridgehead atoms. The molecule has 0 N–H and O–H groups in total. The van der Waals surface area contributed by atoms with E-state index in [0.29, 0.717) is 0 Å². The molecule has 2 nitrogen and oxygen atoms in total. The predicted octanol–water partition coefficient (Wildman–Crippen LogP) is 17.5. The van der Waals surface area contributed by atoms with Gasteiger partial charge >= 0.3 is 0 Å². The summed E-state index contributed by atoms with van der Waals surface area (Å²) in [4.78, 5) is 2.43. The third-order valence-electron chi connectivity index (χ3n) is 15.5. The normalized spacial score (nSPS) is 15.0. The third-order valence-corrected chi connectivity index (χ3v) is 15.5. The van der Waals surface area contributed by atoms with Crippen molar-refractivity contribution in [1.29, 1.82) is 0 Å². The molecule has 3 aliphatic rings. The van der Waals surface area contributed by atoms with E-state index in [9.17, 15) is 0 Å². The molecule has 0 atom stereocenters. The Morgan fingerprint density at radius 2 is 0.939 bits per heavy atom. The summed E-state index contributed by atoms with van der Waals surface area (Å²) in [6.07, 6.45) is 4.92. The average Bonchev–Trinajstić information content (AvgIpc) is 3.93. The molecule has 9 aromatic carbocycles. The fourth-order valence-corrected chi connectivity index (χ4v) is 12.0. The second-order valence-corrected chi connectivity index (χ2v) is 19.9. The number of rotatable bonds is 6. The summed E-state index contributed by atoms with van der Waals surface area (Å²) in [5, 5.41) is 2.33. The first-order chi connectivity index (χ1) is 32.2. The summed E-state index contributed by atoms with van der Waals surface area (Å²) < 4.78 is 6.99. The first-order valence-electron chi connectivity index (χ1n) is 23.8. The van der Waals surface area contributed by atoms with Crippen LogP contribution in [0.25, 0.3) is 77.6 Å². The van der Waals surface area contributed by atoms with Crippen molar-refractivity contribution in [3.05, 3.63) is 221 Å². The van der Waals surface area contributed by atoms with Crippen LogP contribution in [0.3, 0.4) is 0 Å². The summed E-state index contributed by atoms with van der Waals surface area (Å²) in [5.74, 6) is 0. The molecular weight excluding hydrogens is 799 g/mol. The van der Waals surface area contributed by atoms with Crippen LogP contribution in [-0.2, 0) is 23.7 Å². The Kier molecular flexibility index (Phi) is 8.59. The smallest absolute Gasteiger partial charge is 0.136 e. The minimum atomic E-state index is -0.189. The highest BCUT2D eigenvalue weighted by Crippen LogP contribution is 2.56. The maximum Gasteiger partial charge on any atom is 0.136 e. The van der Waals surface area contributed by atoms with Crippen molar-refractivity contribution >= 4 is 39.0 Å². The topological polar surface area (TPSA) is 16.4 Å². The highest BCUT2D eigenvalue weighted by molar-refractivity contribution is 6.18. The number of hydrogen-bond donors (Lipinski definition) is 0. The van der Waals surface area contributed by atoms with Gasteiger partial charge in [0, 0.05) is 44.2 Å². The lowest BCUT2D eigenvalue weighted by Gasteiger charge is -2.28. The molecule has 0 aliphatic heterocycles. The molecule has 10 aromatic rings. The van der Waals surface area contributed by atoms with Gasteiger partial charge in [-0.1, -0.05) is 161 Å². The molecule has 3 aliphatic carbocycles. The first kappa shape index (κ1) is 39.0. The Morgan fingerprint density at radius 1 is 0.379 bits per heavy atom. The number of fused-ring (bicyclic) bond motifs is 10. The van der Waals surface area contributed by atoms with Crippen LogP contribution in [0.4, 0.5) is 17.1 Å². The SMILES string of the molecule is CC1(C)c2ccccc2-c2ccc(N(c3ccc(-c4ccccc4)cc3)c3ccc(-c4c5c(cc6oc7cc(-c8ccc9c(c8)CCCC9)ccc7c46)C(C)(C)c4ccccc4-5)cc3)cc21. The minimum absolute atomic E-state index is 0.119. The van der Waals surface area contributed by atoms with E-state index in [-0.39, 0.29) is 10.8 Å². The Morgan fingerprint density at radius 3 is 1.70 bits per heavy atom. The predicted molar refractivity (Wildman–Crippen MR) is 276 cm³/mol. The van der Waals surface area contributed by atoms with Gasteiger partial charge in [0.05, 0.1) is 0 Å². The molecule has 0 fully saturated rings. The van der Waals surface area contributed by atoms with Gasteiger partial charge in [0.1, 0.15) is 11.2 Å². The summed E-state index contributed by atoms with van der Waals surface area (Å²) in [6.45, 7) is 9.46. The van der Waals surface area contributed by atoms with Gasteiger partial charge in [-0.15, -0.1) is 0 Å². The third kappa shape index (κ3) is 5.87. The highest BCUT2D eigenvalue weighted by atomic mass is 16.3. The molecule has 0 saturated carbocycles. The molecule has 1 aromatic heterocycles. The second-order valence-electron chi connectivity index (χ2n) is 19.9. The van der Waals surface area contributed by atoms with Gasteiger partial charge < -0.3 is 9.32 Å². The van der Waals surface area contributed by atoms with Crippen LogP contribution < -0.4 is 4.90 Å². The number of anilines is 3. The molecule has 1 heterocycles. The molecular formula is C64H51NO. The van der Waals surface area contributed by atoms with Crippen LogP contribution >= 0.6 is 0 Å². The quantitative estimate of drug-likeness (QED) is 0.166. The standard InChI is InChI=1S/C64H51NO/c1-63(2)54-20-12-10-18-50(54)51-35-33-49(38-56(51)63)65(47-29-24-42(25-30-47)40-14-6-5-7-15-40)48-31-26-43(27-32-48)60-61-52-19-11-13-21-55(52)64(3,4)57(61)39-59-62(60)53-34-28-46(37-58(53)66-59)45-23-22-41-16-8-9-17-44(41)36-45/h5-7,10-15,18-39H,8-9,16-17H2,1-4H3. The van der Waals surface area contributed by atoms with E-state index in [0.717, 1.165) is 33.6 Å². The van der Waals surface area contributed by atoms with E-state index >= 15 is 0 Å². The zero-order valence-electron chi connectivity index (χ0n) is 38.1. The van der Waals surface area contributed by atoms with Crippen molar-refractivity contribution in [1.82, 2.24) is 0 Å². The van der Waals surface area contributed by atoms with Crippen molar-refractivity contribution in [3.63, 3.8) is 0 Å². The van der Waals surface area contributed by atoms with Crippen molar-refractivity contribution < 1.29 is 4.42 Å². The molecule has 318 valence electrons. The number of hydrogen-bond acceptors (Lipinski definition) is 2. The zero-order valence-corrected chi connectivity index (χ0v) is 38.1. The number of nitrogens with zero attached hydrogens (tertiary/aromatic N) is 1. The zero-order chi connectivity index (χ0) is 44.3. The fraction of sp³-hybridized carbons (Fsp3) is 0.156. The molecule has 0 radical (unpaired) electrons. The van der Waals surface area contributed by atoms with Crippen molar-refractivity contribution in [2.24, 2.45) is 0 Å². The molecule has 0 unspecified atom stereocenters. The van der Waals surface area contributed by atoms with Crippen LogP contribution in [0.15, 0.2) is 192 Å². The van der Waals surface area contributed by atoms with E-state index in [1.54, 1.807) is 0 Å². The Bertz CT molecular complexity index is 3570. The van der Waals surface area contributed by atoms with Crippen molar-refractivity contribution in [2.75, 3.05) is 4.90 Å². The van der Waals surface area contributed by atoms with Crippen LogP contribution in [0.5, 0.6) is 0 Å². The molecule has 0 amide bonds. The van der Waals surface area contributed by atoms with Crippen LogP contribution in [0.1, 0.15) is 73.9 Å². The van der Waals surface area contributed by atoms with Gasteiger partial charge in [-0.3, -0.25) is 0 Å². The van der Waals surface area contributed by atoms with Gasteiger partial charge in [-0.2, -0.15) is 0 Å². The monoisotopic (exact) mass is 849 g/mol. The lowest BCUT2D eigenvalue weighted by Crippen LogP contribution is -2.16. The lowest BCUT2D eigenvalue weighted by molar-refractivity contribution is 0.647. The molecule has 0 spiro atoms. The van der Waals surface area contributed by atoms with Gasteiger partial charge in [0.2, 0.25) is 0 Å². The van der Waals surface area contributed by atoms with E-state index in [1.807, 2.05) is 0 Å². The second kappa shape index (κ2) is 14.5. The van der Waals surface area contributed by atoms with Gasteiger partial charge in [0.15, 0.2) is 0 Å². The summed E-state index contributed by atoms with van der Waals surface area (Å²) >= 11 is 0. The molecule has 13 rings (SSSR count). The Balaban J connectivity index is 0.978. The molecule has 2 heteroatoms. The van der Waals surface area contributed by atoms with Crippen LogP contribution in [0.2, 0.25) is 0 Å². The number of aryl methyl sites for hydroxylation is 2. The number of benzene rings is 9. The highest BCUT2D eigenvalue weighted by Gasteiger charge is 2.39. The summed E-state index contributed by atoms with van der Waals surface area (Å²) in [6, 6.07) is 70.3. The molecule has 0 saturated heterocycles. The first-order valence-corrected chi connectivity index (χ1v) is 23.8. The molecule has 66 heavy (non-hydrogen) atoms. The largest absolute Gasteiger partial charge is 0.456 e. The average molecular weight is 850 g/mol. The van der Waals surface area contributed by atoms with Crippen molar-refractivity contribution in [3.8, 4) is 55.6 Å². The van der Waals surface area contributed by atoms with Crippen LogP contribution in [-0.4, -0.2) is 0 Å². The summed E-state index contributed by atoms with van der Waals surface area (Å²) in [7, 11) is 0. The lowest BCUT2D eigenvalue weighted by atomic mass is 9.81. The Labute approximate surface area is 387 Å². The maximum atomic E-state index is 6.99. The van der Waals surface area contributed by atoms with E-state index < -0.39 is 0 Å². The van der Waals surface area contributed by atoms with Gasteiger partial charge in [-0.05, 0) is 164 Å².